The smallest absolute Gasteiger partial charge is 0.0517 e. The topological polar surface area (TPSA) is 0 Å². The minimum Gasteiger partial charge on any atom is -0.0693 e. The van der Waals surface area contributed by atoms with Crippen molar-refractivity contribution in [1.29, 1.82) is 0 Å². The predicted octanol–water partition coefficient (Wildman–Crippen LogP) is 5.38. The summed E-state index contributed by atoms with van der Waals surface area (Å²) in [6, 6.07) is 14.1. The second-order valence-electron chi connectivity index (χ2n) is 7.05. The first-order valence-electron chi connectivity index (χ1n) is 6.81. The van der Waals surface area contributed by atoms with E-state index in [9.17, 15) is 0 Å². The van der Waals surface area contributed by atoms with Gasteiger partial charge >= 0.3 is 0 Å². The molecule has 1 unspecified atom stereocenters. The molecule has 1 aromatic carbocycles. The van der Waals surface area contributed by atoms with Crippen LogP contribution in [0.25, 0.3) is 0 Å². The molecule has 0 saturated heterocycles. The van der Waals surface area contributed by atoms with Crippen molar-refractivity contribution in [3.8, 4) is 0 Å². The second kappa shape index (κ2) is 5.53. The first-order chi connectivity index (χ1) is 7.76. The van der Waals surface area contributed by atoms with Gasteiger partial charge in [0, 0.05) is 8.07 Å². The van der Waals surface area contributed by atoms with Crippen molar-refractivity contribution in [3.05, 3.63) is 35.9 Å². The highest BCUT2D eigenvalue weighted by Crippen LogP contribution is 2.35. The zero-order valence-corrected chi connectivity index (χ0v) is 14.4. The van der Waals surface area contributed by atoms with E-state index in [0.717, 1.165) is 5.54 Å². The molecule has 1 aromatic rings. The van der Waals surface area contributed by atoms with Crippen LogP contribution in [0.1, 0.15) is 18.0 Å². The fourth-order valence-electron chi connectivity index (χ4n) is 2.31. The molecule has 0 heterocycles. The molecule has 17 heavy (non-hydrogen) atoms. The first-order valence-corrected chi connectivity index (χ1v) is 13.8. The molecule has 0 bridgehead atoms. The van der Waals surface area contributed by atoms with Gasteiger partial charge in [-0.05, 0) is 11.1 Å². The summed E-state index contributed by atoms with van der Waals surface area (Å²) in [5, 5.41) is 0. The van der Waals surface area contributed by atoms with Gasteiger partial charge in [-0.2, -0.15) is 0 Å². The Morgan fingerprint density at radius 2 is 1.47 bits per heavy atom. The maximum absolute atomic E-state index is 2.54. The Balaban J connectivity index is 2.99. The van der Waals surface area contributed by atoms with Gasteiger partial charge in [0.25, 0.3) is 0 Å². The molecule has 96 valence electrons. The van der Waals surface area contributed by atoms with Gasteiger partial charge in [-0.1, -0.05) is 82.1 Å². The summed E-state index contributed by atoms with van der Waals surface area (Å²) in [6.45, 7) is 15.0. The van der Waals surface area contributed by atoms with Crippen molar-refractivity contribution in [1.82, 2.24) is 0 Å². The highest BCUT2D eigenvalue weighted by Gasteiger charge is 2.33. The zero-order valence-electron chi connectivity index (χ0n) is 12.4. The van der Waals surface area contributed by atoms with Gasteiger partial charge in [-0.15, -0.1) is 0 Å². The van der Waals surface area contributed by atoms with E-state index in [4.69, 9.17) is 0 Å². The molecule has 0 aliphatic rings. The minimum absolute atomic E-state index is 0.838. The Morgan fingerprint density at radius 1 is 0.941 bits per heavy atom. The van der Waals surface area contributed by atoms with E-state index in [1.807, 2.05) is 0 Å². The fourth-order valence-corrected chi connectivity index (χ4v) is 9.24. The summed E-state index contributed by atoms with van der Waals surface area (Å²) in [5.41, 5.74) is 2.42. The first kappa shape index (κ1) is 14.7. The summed E-state index contributed by atoms with van der Waals surface area (Å²) < 4.78 is 0. The lowest BCUT2D eigenvalue weighted by atomic mass is 10.2. The molecule has 2 heteroatoms. The van der Waals surface area contributed by atoms with Gasteiger partial charge in [0.1, 0.15) is 0 Å². The van der Waals surface area contributed by atoms with Crippen LogP contribution in [0.4, 0.5) is 0 Å². The van der Waals surface area contributed by atoms with Crippen LogP contribution in [0, 0.1) is 0 Å². The Hall–Kier alpha value is -0.346. The summed E-state index contributed by atoms with van der Waals surface area (Å²) in [6.07, 6.45) is 0. The molecule has 0 spiro atoms. The van der Waals surface area contributed by atoms with E-state index in [-0.39, 0.29) is 0 Å². The van der Waals surface area contributed by atoms with Crippen molar-refractivity contribution in [2.24, 2.45) is 0 Å². The van der Waals surface area contributed by atoms with Crippen molar-refractivity contribution < 1.29 is 0 Å². The van der Waals surface area contributed by atoms with E-state index in [1.165, 1.54) is 12.1 Å². The summed E-state index contributed by atoms with van der Waals surface area (Å²) in [4.78, 5) is 0. The molecular weight excluding hydrogens is 236 g/mol. The third kappa shape index (κ3) is 4.43. The maximum atomic E-state index is 2.54. The van der Waals surface area contributed by atoms with Crippen molar-refractivity contribution in [2.75, 3.05) is 0 Å². The second-order valence-corrected chi connectivity index (χ2v) is 17.9. The van der Waals surface area contributed by atoms with Crippen molar-refractivity contribution in [2.45, 2.75) is 57.3 Å². The molecule has 0 N–H and O–H groups in total. The molecule has 0 saturated carbocycles. The Kier molecular flexibility index (Phi) is 4.79. The lowest BCUT2D eigenvalue weighted by Gasteiger charge is -2.35. The molecule has 1 rings (SSSR count). The highest BCUT2D eigenvalue weighted by molar-refractivity contribution is 6.83. The molecule has 0 aliphatic carbocycles. The van der Waals surface area contributed by atoms with E-state index in [0.29, 0.717) is 0 Å². The van der Waals surface area contributed by atoms with Gasteiger partial charge in [0.15, 0.2) is 0 Å². The van der Waals surface area contributed by atoms with Crippen LogP contribution < -0.4 is 0 Å². The third-order valence-electron chi connectivity index (χ3n) is 3.96. The largest absolute Gasteiger partial charge is 0.0693 e. The predicted molar refractivity (Wildman–Crippen MR) is 85.3 cm³/mol. The average Bonchev–Trinajstić information content (AvgIpc) is 2.26. The van der Waals surface area contributed by atoms with Crippen molar-refractivity contribution >= 4 is 16.1 Å². The van der Waals surface area contributed by atoms with Crippen molar-refractivity contribution in [3.63, 3.8) is 0 Å². The third-order valence-corrected chi connectivity index (χ3v) is 10.4. The number of hydrogen-bond donors (Lipinski definition) is 0. The number of rotatable bonds is 5. The fraction of sp³-hybridized carbons (Fsp3) is 0.600. The van der Waals surface area contributed by atoms with Gasteiger partial charge in [0.2, 0.25) is 0 Å². The molecule has 0 nitrogen and oxygen atoms in total. The Labute approximate surface area is 109 Å². The van der Waals surface area contributed by atoms with E-state index in [2.05, 4.69) is 70.0 Å². The van der Waals surface area contributed by atoms with Crippen LogP contribution in [0.3, 0.4) is 0 Å². The molecular formula is C15H28Si2. The van der Waals surface area contributed by atoms with Crippen LogP contribution in [0.5, 0.6) is 0 Å². The highest BCUT2D eigenvalue weighted by atomic mass is 28.3. The van der Waals surface area contributed by atoms with Crippen LogP contribution in [-0.2, 0) is 0 Å². The number of hydrogen-bond acceptors (Lipinski definition) is 0. The van der Waals surface area contributed by atoms with Crippen LogP contribution in [-0.4, -0.2) is 16.1 Å². The molecule has 0 aromatic heterocycles. The minimum atomic E-state index is -1.12. The monoisotopic (exact) mass is 264 g/mol. The van der Waals surface area contributed by atoms with Crippen LogP contribution in [0.15, 0.2) is 30.3 Å². The normalized spacial score (nSPS) is 14.7. The summed E-state index contributed by atoms with van der Waals surface area (Å²) >= 11 is 0. The van der Waals surface area contributed by atoms with Crippen LogP contribution in [0.2, 0.25) is 44.8 Å². The molecule has 0 amide bonds. The molecule has 0 aliphatic heterocycles. The molecule has 1 atom stereocenters. The standard InChI is InChI=1S/C15H28Si2/c1-7-17(5,6)13-15(16(2,3)4)14-11-9-8-10-12-14/h8-12,15H,7,13H2,1-6H3. The average molecular weight is 265 g/mol. The van der Waals surface area contributed by atoms with Gasteiger partial charge in [-0.3, -0.25) is 0 Å². The molecule has 0 fully saturated rings. The zero-order chi connectivity index (χ0) is 13.1. The maximum Gasteiger partial charge on any atom is 0.0517 e. The summed E-state index contributed by atoms with van der Waals surface area (Å²) in [5.74, 6) is 0. The molecule has 0 radical (unpaired) electrons. The quantitative estimate of drug-likeness (QED) is 0.627. The van der Waals surface area contributed by atoms with Gasteiger partial charge < -0.3 is 0 Å². The SMILES string of the molecule is CC[Si](C)(C)CC(c1ccccc1)[Si](C)(C)C. The lowest BCUT2D eigenvalue weighted by molar-refractivity contribution is 0.975. The summed E-state index contributed by atoms with van der Waals surface area (Å²) in [7, 11) is -2.12. The van der Waals surface area contributed by atoms with E-state index >= 15 is 0 Å². The number of benzene rings is 1. The van der Waals surface area contributed by atoms with E-state index < -0.39 is 16.1 Å². The Morgan fingerprint density at radius 3 is 1.88 bits per heavy atom. The Bertz CT molecular complexity index is 336. The van der Waals surface area contributed by atoms with Gasteiger partial charge in [-0.25, -0.2) is 0 Å². The van der Waals surface area contributed by atoms with E-state index in [1.54, 1.807) is 5.56 Å². The van der Waals surface area contributed by atoms with Crippen LogP contribution >= 0.6 is 0 Å². The van der Waals surface area contributed by atoms with Gasteiger partial charge in [0.05, 0.1) is 8.07 Å². The lowest BCUT2D eigenvalue weighted by Crippen LogP contribution is -2.37.